The van der Waals surface area contributed by atoms with E-state index in [9.17, 15) is 0 Å². The van der Waals surface area contributed by atoms with Crippen LogP contribution >= 0.6 is 0 Å². The molecule has 3 rings (SSSR count). The molecule has 1 aromatic carbocycles. The van der Waals surface area contributed by atoms with Crippen molar-refractivity contribution in [3.8, 4) is 5.75 Å². The number of aryl methyl sites for hydroxylation is 1. The summed E-state index contributed by atoms with van der Waals surface area (Å²) in [6.07, 6.45) is 7.50. The van der Waals surface area contributed by atoms with Gasteiger partial charge in [-0.25, -0.2) is 0 Å². The summed E-state index contributed by atoms with van der Waals surface area (Å²) < 4.78 is 7.61. The Balaban J connectivity index is 1.44. The van der Waals surface area contributed by atoms with Crippen LogP contribution in [0.2, 0.25) is 0 Å². The number of rotatable bonds is 8. The summed E-state index contributed by atoms with van der Waals surface area (Å²) in [4.78, 5) is 0. The summed E-state index contributed by atoms with van der Waals surface area (Å²) in [5, 5.41) is 7.74. The molecule has 0 spiro atoms. The largest absolute Gasteiger partial charge is 0.486 e. The molecule has 0 bridgehead atoms. The smallest absolute Gasteiger partial charge is 0.157 e. The molecular weight excluding hydrogens is 262 g/mol. The van der Waals surface area contributed by atoms with E-state index in [1.54, 1.807) is 6.20 Å². The number of benzene rings is 1. The lowest BCUT2D eigenvalue weighted by atomic mass is 10.1. The summed E-state index contributed by atoms with van der Waals surface area (Å²) in [6, 6.07) is 9.49. The highest BCUT2D eigenvalue weighted by Crippen LogP contribution is 2.18. The highest BCUT2D eigenvalue weighted by atomic mass is 16.5. The van der Waals surface area contributed by atoms with Gasteiger partial charge in [-0.1, -0.05) is 24.3 Å². The highest BCUT2D eigenvalue weighted by molar-refractivity contribution is 5.23. The topological polar surface area (TPSA) is 39.1 Å². The number of ether oxygens (including phenoxy) is 1. The normalized spacial score (nSPS) is 14.3. The Labute approximate surface area is 126 Å². The Kier molecular flexibility index (Phi) is 4.55. The van der Waals surface area contributed by atoms with Crippen molar-refractivity contribution in [1.82, 2.24) is 15.1 Å². The van der Waals surface area contributed by atoms with Gasteiger partial charge in [-0.15, -0.1) is 0 Å². The average molecular weight is 285 g/mol. The van der Waals surface area contributed by atoms with E-state index < -0.39 is 0 Å². The molecule has 4 heteroatoms. The minimum absolute atomic E-state index is 0.593. The standard InChI is InChI=1S/C17H23N3O/c1-2-20-12-17(11-19-20)21-13-15-5-3-14(4-6-15)9-10-18-16-7-8-16/h3-6,11-12,16,18H,2,7-10,13H2,1H3. The zero-order chi connectivity index (χ0) is 14.5. The lowest BCUT2D eigenvalue weighted by molar-refractivity contribution is 0.306. The molecule has 112 valence electrons. The molecule has 0 unspecified atom stereocenters. The molecule has 1 aliphatic rings. The monoisotopic (exact) mass is 285 g/mol. The third-order valence-electron chi connectivity index (χ3n) is 3.79. The molecule has 0 aliphatic heterocycles. The fraction of sp³-hybridized carbons (Fsp3) is 0.471. The Morgan fingerprint density at radius 2 is 2.00 bits per heavy atom. The second kappa shape index (κ2) is 6.76. The molecule has 21 heavy (non-hydrogen) atoms. The third kappa shape index (κ3) is 4.33. The van der Waals surface area contributed by atoms with Crippen LogP contribution in [0.3, 0.4) is 0 Å². The van der Waals surface area contributed by atoms with E-state index in [2.05, 4.69) is 41.6 Å². The molecule has 1 heterocycles. The Morgan fingerprint density at radius 1 is 1.24 bits per heavy atom. The Hall–Kier alpha value is -1.81. The molecule has 0 saturated heterocycles. The van der Waals surface area contributed by atoms with E-state index in [0.29, 0.717) is 6.61 Å². The minimum atomic E-state index is 0.593. The van der Waals surface area contributed by atoms with Crippen molar-refractivity contribution < 1.29 is 4.74 Å². The van der Waals surface area contributed by atoms with Crippen LogP contribution < -0.4 is 10.1 Å². The van der Waals surface area contributed by atoms with Gasteiger partial charge in [0.05, 0.1) is 12.4 Å². The molecule has 1 fully saturated rings. The van der Waals surface area contributed by atoms with Gasteiger partial charge in [0, 0.05) is 12.6 Å². The van der Waals surface area contributed by atoms with Gasteiger partial charge in [-0.2, -0.15) is 5.10 Å². The Bertz CT molecular complexity index is 558. The molecule has 0 amide bonds. The number of hydrogen-bond donors (Lipinski definition) is 1. The summed E-state index contributed by atoms with van der Waals surface area (Å²) >= 11 is 0. The first-order valence-corrected chi connectivity index (χ1v) is 7.80. The van der Waals surface area contributed by atoms with Crippen LogP contribution in [0.4, 0.5) is 0 Å². The molecule has 1 aliphatic carbocycles. The van der Waals surface area contributed by atoms with Gasteiger partial charge in [0.2, 0.25) is 0 Å². The van der Waals surface area contributed by atoms with Crippen LogP contribution in [0.25, 0.3) is 0 Å². The van der Waals surface area contributed by atoms with Gasteiger partial charge in [-0.05, 0) is 43.9 Å². The summed E-state index contributed by atoms with van der Waals surface area (Å²) in [5.41, 5.74) is 2.57. The number of aromatic nitrogens is 2. The third-order valence-corrected chi connectivity index (χ3v) is 3.79. The van der Waals surface area contributed by atoms with Crippen LogP contribution in [-0.2, 0) is 19.6 Å². The van der Waals surface area contributed by atoms with Gasteiger partial charge in [0.25, 0.3) is 0 Å². The lowest BCUT2D eigenvalue weighted by Crippen LogP contribution is -2.19. The van der Waals surface area contributed by atoms with E-state index in [-0.39, 0.29) is 0 Å². The highest BCUT2D eigenvalue weighted by Gasteiger charge is 2.19. The molecule has 1 aromatic heterocycles. The van der Waals surface area contributed by atoms with Crippen molar-refractivity contribution in [2.45, 2.75) is 45.4 Å². The maximum atomic E-state index is 5.74. The fourth-order valence-corrected chi connectivity index (χ4v) is 2.27. The number of nitrogens with zero attached hydrogens (tertiary/aromatic N) is 2. The van der Waals surface area contributed by atoms with Crippen molar-refractivity contribution >= 4 is 0 Å². The van der Waals surface area contributed by atoms with E-state index in [1.165, 1.54) is 24.0 Å². The minimum Gasteiger partial charge on any atom is -0.486 e. The van der Waals surface area contributed by atoms with E-state index >= 15 is 0 Å². The van der Waals surface area contributed by atoms with Crippen molar-refractivity contribution in [2.24, 2.45) is 0 Å². The van der Waals surface area contributed by atoms with Crippen LogP contribution in [0.1, 0.15) is 30.9 Å². The van der Waals surface area contributed by atoms with Crippen LogP contribution in [0.15, 0.2) is 36.7 Å². The number of hydrogen-bond acceptors (Lipinski definition) is 3. The predicted molar refractivity (Wildman–Crippen MR) is 83.4 cm³/mol. The van der Waals surface area contributed by atoms with Gasteiger partial charge < -0.3 is 10.1 Å². The fourth-order valence-electron chi connectivity index (χ4n) is 2.27. The maximum absolute atomic E-state index is 5.74. The maximum Gasteiger partial charge on any atom is 0.157 e. The van der Waals surface area contributed by atoms with E-state index in [0.717, 1.165) is 31.3 Å². The molecule has 0 atom stereocenters. The molecular formula is C17H23N3O. The lowest BCUT2D eigenvalue weighted by Gasteiger charge is -2.06. The number of nitrogens with one attached hydrogen (secondary N) is 1. The first-order valence-electron chi connectivity index (χ1n) is 7.80. The van der Waals surface area contributed by atoms with Crippen LogP contribution in [0.5, 0.6) is 5.75 Å². The first kappa shape index (κ1) is 14.1. The van der Waals surface area contributed by atoms with Crippen molar-refractivity contribution in [2.75, 3.05) is 6.54 Å². The molecule has 2 aromatic rings. The Morgan fingerprint density at radius 3 is 2.67 bits per heavy atom. The van der Waals surface area contributed by atoms with Crippen molar-refractivity contribution in [1.29, 1.82) is 0 Å². The first-order chi connectivity index (χ1) is 10.3. The van der Waals surface area contributed by atoms with E-state index in [4.69, 9.17) is 4.74 Å². The van der Waals surface area contributed by atoms with Crippen molar-refractivity contribution in [3.63, 3.8) is 0 Å². The second-order valence-corrected chi connectivity index (χ2v) is 5.62. The molecule has 4 nitrogen and oxygen atoms in total. The summed E-state index contributed by atoms with van der Waals surface area (Å²) in [6.45, 7) is 4.60. The van der Waals surface area contributed by atoms with Gasteiger partial charge in [0.1, 0.15) is 6.61 Å². The van der Waals surface area contributed by atoms with Crippen molar-refractivity contribution in [3.05, 3.63) is 47.8 Å². The SMILES string of the molecule is CCn1cc(OCc2ccc(CCNC3CC3)cc2)cn1. The molecule has 1 saturated carbocycles. The zero-order valence-corrected chi connectivity index (χ0v) is 12.6. The average Bonchev–Trinajstić information content (AvgIpc) is 3.22. The van der Waals surface area contributed by atoms with Crippen LogP contribution in [-0.4, -0.2) is 22.4 Å². The molecule has 1 N–H and O–H groups in total. The predicted octanol–water partition coefficient (Wildman–Crippen LogP) is 2.78. The van der Waals surface area contributed by atoms with Gasteiger partial charge in [-0.3, -0.25) is 4.68 Å². The summed E-state index contributed by atoms with van der Waals surface area (Å²) in [7, 11) is 0. The zero-order valence-electron chi connectivity index (χ0n) is 12.6. The second-order valence-electron chi connectivity index (χ2n) is 5.62. The van der Waals surface area contributed by atoms with Crippen LogP contribution in [0, 0.1) is 0 Å². The van der Waals surface area contributed by atoms with E-state index in [1.807, 2.05) is 10.9 Å². The van der Waals surface area contributed by atoms with Gasteiger partial charge in [0.15, 0.2) is 5.75 Å². The molecule has 0 radical (unpaired) electrons. The summed E-state index contributed by atoms with van der Waals surface area (Å²) in [5.74, 6) is 0.828. The quantitative estimate of drug-likeness (QED) is 0.810. The van der Waals surface area contributed by atoms with Gasteiger partial charge >= 0.3 is 0 Å².